The first kappa shape index (κ1) is 14.5. The van der Waals surface area contributed by atoms with E-state index >= 15 is 0 Å². The predicted octanol–water partition coefficient (Wildman–Crippen LogP) is 3.55. The number of nitrogens with zero attached hydrogens (tertiary/aromatic N) is 1. The van der Waals surface area contributed by atoms with Crippen LogP contribution in [-0.4, -0.2) is 4.98 Å². The largest absolute Gasteiger partial charge is 0.271 e. The Bertz CT molecular complexity index is 554. The van der Waals surface area contributed by atoms with E-state index in [0.717, 1.165) is 15.6 Å². The number of aryl methyl sites for hydroxylation is 1. The summed E-state index contributed by atoms with van der Waals surface area (Å²) in [5, 5.41) is 0.662. The first-order valence-corrected chi connectivity index (χ1v) is 7.09. The van der Waals surface area contributed by atoms with Crippen LogP contribution in [0.15, 0.2) is 41.1 Å². The standard InChI is InChI=1S/C14H15BrClN3/c1-9-4-11(6-12(15)5-9)14(19-17)7-10-2-3-18-8-13(10)16/h2-6,8,14,19H,7,17H2,1H3. The second-order valence-electron chi connectivity index (χ2n) is 4.45. The SMILES string of the molecule is Cc1cc(Br)cc(C(Cc2ccncc2Cl)NN)c1. The van der Waals surface area contributed by atoms with E-state index in [-0.39, 0.29) is 6.04 Å². The van der Waals surface area contributed by atoms with Crippen molar-refractivity contribution in [1.82, 2.24) is 10.4 Å². The van der Waals surface area contributed by atoms with Crippen LogP contribution in [-0.2, 0) is 6.42 Å². The molecule has 1 aromatic heterocycles. The minimum Gasteiger partial charge on any atom is -0.271 e. The number of nitrogens with two attached hydrogens (primary N) is 1. The molecule has 0 aliphatic carbocycles. The molecule has 0 saturated heterocycles. The van der Waals surface area contributed by atoms with Gasteiger partial charge in [-0.3, -0.25) is 16.3 Å². The maximum atomic E-state index is 6.13. The Kier molecular flexibility index (Phi) is 4.93. The zero-order valence-electron chi connectivity index (χ0n) is 10.5. The summed E-state index contributed by atoms with van der Waals surface area (Å²) < 4.78 is 1.04. The zero-order valence-corrected chi connectivity index (χ0v) is 12.9. The molecule has 2 rings (SSSR count). The van der Waals surface area contributed by atoms with Gasteiger partial charge in [0.25, 0.3) is 0 Å². The number of aromatic nitrogens is 1. The number of halogens is 2. The van der Waals surface area contributed by atoms with Crippen LogP contribution in [0.2, 0.25) is 5.02 Å². The highest BCUT2D eigenvalue weighted by Gasteiger charge is 2.13. The van der Waals surface area contributed by atoms with Crippen molar-refractivity contribution in [1.29, 1.82) is 0 Å². The average Bonchev–Trinajstić information content (AvgIpc) is 2.36. The average molecular weight is 341 g/mol. The third-order valence-corrected chi connectivity index (χ3v) is 3.75. The molecule has 5 heteroatoms. The molecule has 1 heterocycles. The van der Waals surface area contributed by atoms with Gasteiger partial charge in [0, 0.05) is 16.9 Å². The Morgan fingerprint density at radius 3 is 2.84 bits per heavy atom. The molecular formula is C14H15BrClN3. The fraction of sp³-hybridized carbons (Fsp3) is 0.214. The Balaban J connectivity index is 2.28. The summed E-state index contributed by atoms with van der Waals surface area (Å²) in [5.74, 6) is 5.68. The van der Waals surface area contributed by atoms with Gasteiger partial charge in [0.1, 0.15) is 0 Å². The highest BCUT2D eigenvalue weighted by atomic mass is 79.9. The molecule has 2 aromatic rings. The fourth-order valence-corrected chi connectivity index (χ4v) is 2.85. The molecule has 0 aliphatic rings. The minimum absolute atomic E-state index is 0.0103. The maximum Gasteiger partial charge on any atom is 0.0622 e. The smallest absolute Gasteiger partial charge is 0.0622 e. The summed E-state index contributed by atoms with van der Waals surface area (Å²) in [6.07, 6.45) is 4.10. The Morgan fingerprint density at radius 1 is 1.42 bits per heavy atom. The van der Waals surface area contributed by atoms with Crippen molar-refractivity contribution < 1.29 is 0 Å². The van der Waals surface area contributed by atoms with E-state index in [1.165, 1.54) is 5.56 Å². The van der Waals surface area contributed by atoms with Crippen LogP contribution < -0.4 is 11.3 Å². The summed E-state index contributed by atoms with van der Waals surface area (Å²) >= 11 is 9.64. The van der Waals surface area contributed by atoms with Crippen LogP contribution in [0.5, 0.6) is 0 Å². The van der Waals surface area contributed by atoms with Crippen molar-refractivity contribution in [3.63, 3.8) is 0 Å². The Hall–Kier alpha value is -0.940. The molecule has 0 fully saturated rings. The molecule has 1 unspecified atom stereocenters. The third-order valence-electron chi connectivity index (χ3n) is 2.95. The van der Waals surface area contributed by atoms with Crippen molar-refractivity contribution in [3.05, 3.63) is 62.8 Å². The van der Waals surface area contributed by atoms with Crippen LogP contribution in [0, 0.1) is 6.92 Å². The number of benzene rings is 1. The van der Waals surface area contributed by atoms with E-state index in [9.17, 15) is 0 Å². The summed E-state index contributed by atoms with van der Waals surface area (Å²) in [6, 6.07) is 8.17. The van der Waals surface area contributed by atoms with E-state index in [0.29, 0.717) is 11.4 Å². The third kappa shape index (κ3) is 3.76. The van der Waals surface area contributed by atoms with E-state index in [1.54, 1.807) is 12.4 Å². The van der Waals surface area contributed by atoms with Crippen molar-refractivity contribution in [2.75, 3.05) is 0 Å². The number of rotatable bonds is 4. The van der Waals surface area contributed by atoms with Gasteiger partial charge in [-0.05, 0) is 48.2 Å². The molecule has 0 amide bonds. The summed E-state index contributed by atoms with van der Waals surface area (Å²) in [6.45, 7) is 2.06. The lowest BCUT2D eigenvalue weighted by Gasteiger charge is -2.18. The van der Waals surface area contributed by atoms with Crippen molar-refractivity contribution in [3.8, 4) is 0 Å². The highest BCUT2D eigenvalue weighted by Crippen LogP contribution is 2.25. The molecular weight excluding hydrogens is 326 g/mol. The quantitative estimate of drug-likeness (QED) is 0.661. The topological polar surface area (TPSA) is 50.9 Å². The molecule has 19 heavy (non-hydrogen) atoms. The lowest BCUT2D eigenvalue weighted by atomic mass is 9.98. The van der Waals surface area contributed by atoms with Crippen LogP contribution in [0.3, 0.4) is 0 Å². The molecule has 100 valence electrons. The van der Waals surface area contributed by atoms with E-state index < -0.39 is 0 Å². The van der Waals surface area contributed by atoms with Gasteiger partial charge in [-0.15, -0.1) is 0 Å². The van der Waals surface area contributed by atoms with Crippen LogP contribution in [0.25, 0.3) is 0 Å². The first-order chi connectivity index (χ1) is 9.10. The predicted molar refractivity (Wildman–Crippen MR) is 81.9 cm³/mol. The number of hydrogen-bond acceptors (Lipinski definition) is 3. The number of hydrazine groups is 1. The second kappa shape index (κ2) is 6.48. The summed E-state index contributed by atoms with van der Waals surface area (Å²) in [7, 11) is 0. The van der Waals surface area contributed by atoms with Gasteiger partial charge in [-0.1, -0.05) is 33.6 Å². The molecule has 0 radical (unpaired) electrons. The molecule has 0 saturated carbocycles. The van der Waals surface area contributed by atoms with Crippen LogP contribution in [0.4, 0.5) is 0 Å². The van der Waals surface area contributed by atoms with Crippen molar-refractivity contribution in [2.24, 2.45) is 5.84 Å². The molecule has 0 aliphatic heterocycles. The monoisotopic (exact) mass is 339 g/mol. The normalized spacial score (nSPS) is 12.4. The Labute approximate surface area is 126 Å². The lowest BCUT2D eigenvalue weighted by Crippen LogP contribution is -2.29. The fourth-order valence-electron chi connectivity index (χ4n) is 2.03. The Morgan fingerprint density at radius 2 is 2.21 bits per heavy atom. The zero-order chi connectivity index (χ0) is 13.8. The van der Waals surface area contributed by atoms with E-state index in [2.05, 4.69) is 51.5 Å². The van der Waals surface area contributed by atoms with Crippen LogP contribution >= 0.6 is 27.5 Å². The molecule has 3 N–H and O–H groups in total. The lowest BCUT2D eigenvalue weighted by molar-refractivity contribution is 0.551. The highest BCUT2D eigenvalue weighted by molar-refractivity contribution is 9.10. The van der Waals surface area contributed by atoms with Gasteiger partial charge >= 0.3 is 0 Å². The van der Waals surface area contributed by atoms with Crippen molar-refractivity contribution >= 4 is 27.5 Å². The van der Waals surface area contributed by atoms with E-state index in [1.807, 2.05) is 6.07 Å². The van der Waals surface area contributed by atoms with Crippen molar-refractivity contribution in [2.45, 2.75) is 19.4 Å². The number of hydrogen-bond donors (Lipinski definition) is 2. The van der Waals surface area contributed by atoms with Gasteiger partial charge in [-0.2, -0.15) is 0 Å². The second-order valence-corrected chi connectivity index (χ2v) is 5.78. The minimum atomic E-state index is 0.0103. The van der Waals surface area contributed by atoms with Gasteiger partial charge < -0.3 is 0 Å². The molecule has 3 nitrogen and oxygen atoms in total. The number of nitrogens with one attached hydrogen (secondary N) is 1. The van der Waals surface area contributed by atoms with Crippen LogP contribution in [0.1, 0.15) is 22.7 Å². The van der Waals surface area contributed by atoms with Gasteiger partial charge in [-0.25, -0.2) is 0 Å². The molecule has 0 spiro atoms. The first-order valence-electron chi connectivity index (χ1n) is 5.91. The number of pyridine rings is 1. The molecule has 1 atom stereocenters. The molecule has 0 bridgehead atoms. The summed E-state index contributed by atoms with van der Waals surface area (Å²) in [4.78, 5) is 3.99. The van der Waals surface area contributed by atoms with E-state index in [4.69, 9.17) is 17.4 Å². The summed E-state index contributed by atoms with van der Waals surface area (Å²) in [5.41, 5.74) is 6.19. The van der Waals surface area contributed by atoms with Gasteiger partial charge in [0.15, 0.2) is 0 Å². The van der Waals surface area contributed by atoms with Gasteiger partial charge in [0.05, 0.1) is 11.1 Å². The molecule has 1 aromatic carbocycles. The van der Waals surface area contributed by atoms with Gasteiger partial charge in [0.2, 0.25) is 0 Å². The maximum absolute atomic E-state index is 6.13.